The minimum absolute atomic E-state index is 0.230. The highest BCUT2D eigenvalue weighted by Gasteiger charge is 2.10. The van der Waals surface area contributed by atoms with Crippen molar-refractivity contribution in [1.82, 2.24) is 25.1 Å². The summed E-state index contributed by atoms with van der Waals surface area (Å²) in [4.78, 5) is 15.5. The smallest absolute Gasteiger partial charge is 0.256 e. The molecule has 2 aromatic rings. The molecular formula is C9H12N6O. The average Bonchev–Trinajstić information content (AvgIpc) is 2.88. The molecule has 7 nitrogen and oxygen atoms in total. The molecule has 0 bridgehead atoms. The average molecular weight is 220 g/mol. The molecule has 0 atom stereocenters. The van der Waals surface area contributed by atoms with Crippen LogP contribution in [0.1, 0.15) is 10.4 Å². The molecule has 0 aliphatic carbocycles. The summed E-state index contributed by atoms with van der Waals surface area (Å²) in [5, 5.41) is 8.92. The molecule has 0 aliphatic rings. The predicted molar refractivity (Wildman–Crippen MR) is 57.6 cm³/mol. The van der Waals surface area contributed by atoms with Crippen molar-refractivity contribution in [3.8, 4) is 0 Å². The Balaban J connectivity index is 1.83. The number of imidazole rings is 1. The molecule has 16 heavy (non-hydrogen) atoms. The maximum Gasteiger partial charge on any atom is 0.256 e. The van der Waals surface area contributed by atoms with Crippen LogP contribution in [0.4, 0.5) is 5.82 Å². The maximum atomic E-state index is 11.6. The lowest BCUT2D eigenvalue weighted by Crippen LogP contribution is -2.27. The Bertz CT molecular complexity index is 460. The molecule has 1 amide bonds. The Hall–Kier alpha value is -2.31. The number of hydrogen-bond acceptors (Lipinski definition) is 4. The lowest BCUT2D eigenvalue weighted by molar-refractivity contribution is 0.0953. The van der Waals surface area contributed by atoms with Gasteiger partial charge in [0.05, 0.1) is 12.5 Å². The quantitative estimate of drug-likeness (QED) is 0.653. The van der Waals surface area contributed by atoms with Gasteiger partial charge in [0.15, 0.2) is 0 Å². The summed E-state index contributed by atoms with van der Waals surface area (Å²) in [7, 11) is 0. The Morgan fingerprint density at radius 2 is 2.50 bits per heavy atom. The number of rotatable bonds is 4. The van der Waals surface area contributed by atoms with Gasteiger partial charge < -0.3 is 15.6 Å². The van der Waals surface area contributed by atoms with Crippen LogP contribution in [0, 0.1) is 0 Å². The number of carbonyl (C=O) groups excluding carboxylic acids is 1. The van der Waals surface area contributed by atoms with Gasteiger partial charge in [0.1, 0.15) is 11.4 Å². The standard InChI is InChI=1S/C9H12N6O/c10-8-7(5-13-14-8)9(16)12-2-4-15-3-1-11-6-15/h1,3,5-6H,2,4H2,(H,12,16)(H3,10,13,14). The monoisotopic (exact) mass is 220 g/mol. The number of aromatic amines is 1. The first kappa shape index (κ1) is 10.2. The number of H-pyrrole nitrogens is 1. The molecule has 0 aromatic carbocycles. The molecule has 2 aromatic heterocycles. The zero-order chi connectivity index (χ0) is 11.4. The van der Waals surface area contributed by atoms with Crippen molar-refractivity contribution >= 4 is 11.7 Å². The van der Waals surface area contributed by atoms with E-state index >= 15 is 0 Å². The molecule has 0 radical (unpaired) electrons. The van der Waals surface area contributed by atoms with Crippen LogP contribution in [-0.2, 0) is 6.54 Å². The van der Waals surface area contributed by atoms with Crippen molar-refractivity contribution in [3.63, 3.8) is 0 Å². The third kappa shape index (κ3) is 2.19. The minimum Gasteiger partial charge on any atom is -0.383 e. The zero-order valence-corrected chi connectivity index (χ0v) is 8.55. The molecule has 2 rings (SSSR count). The number of nitrogen functional groups attached to an aromatic ring is 1. The summed E-state index contributed by atoms with van der Waals surface area (Å²) >= 11 is 0. The second-order valence-electron chi connectivity index (χ2n) is 3.25. The zero-order valence-electron chi connectivity index (χ0n) is 8.55. The number of aromatic nitrogens is 4. The molecule has 7 heteroatoms. The van der Waals surface area contributed by atoms with Gasteiger partial charge in [-0.3, -0.25) is 9.89 Å². The summed E-state index contributed by atoms with van der Waals surface area (Å²) in [6.07, 6.45) is 6.62. The van der Waals surface area contributed by atoms with Crippen LogP contribution >= 0.6 is 0 Å². The topological polar surface area (TPSA) is 102 Å². The van der Waals surface area contributed by atoms with Gasteiger partial charge in [-0.05, 0) is 0 Å². The fraction of sp³-hybridized carbons (Fsp3) is 0.222. The van der Waals surface area contributed by atoms with Gasteiger partial charge in [0, 0.05) is 25.5 Å². The van der Waals surface area contributed by atoms with Crippen molar-refractivity contribution in [2.24, 2.45) is 0 Å². The molecule has 0 spiro atoms. The number of nitrogens with two attached hydrogens (primary N) is 1. The van der Waals surface area contributed by atoms with E-state index in [0.717, 1.165) is 0 Å². The van der Waals surface area contributed by atoms with Gasteiger partial charge in [0.25, 0.3) is 5.91 Å². The van der Waals surface area contributed by atoms with Crippen LogP contribution in [0.15, 0.2) is 24.9 Å². The van der Waals surface area contributed by atoms with Crippen molar-refractivity contribution in [3.05, 3.63) is 30.5 Å². The van der Waals surface area contributed by atoms with Crippen LogP contribution in [-0.4, -0.2) is 32.2 Å². The summed E-state index contributed by atoms with van der Waals surface area (Å²) in [6, 6.07) is 0. The number of carbonyl (C=O) groups is 1. The predicted octanol–water partition coefficient (Wildman–Crippen LogP) is -0.382. The van der Waals surface area contributed by atoms with Gasteiger partial charge in [-0.25, -0.2) is 4.98 Å². The Morgan fingerprint density at radius 1 is 1.62 bits per heavy atom. The highest BCUT2D eigenvalue weighted by atomic mass is 16.1. The van der Waals surface area contributed by atoms with E-state index in [1.54, 1.807) is 12.5 Å². The molecule has 2 heterocycles. The third-order valence-electron chi connectivity index (χ3n) is 2.13. The molecule has 0 unspecified atom stereocenters. The van der Waals surface area contributed by atoms with E-state index in [1.807, 2.05) is 10.8 Å². The van der Waals surface area contributed by atoms with Gasteiger partial charge in [-0.15, -0.1) is 0 Å². The van der Waals surface area contributed by atoms with Crippen LogP contribution in [0.25, 0.3) is 0 Å². The van der Waals surface area contributed by atoms with E-state index < -0.39 is 0 Å². The second kappa shape index (κ2) is 4.47. The van der Waals surface area contributed by atoms with Gasteiger partial charge in [0.2, 0.25) is 0 Å². The molecule has 4 N–H and O–H groups in total. The molecule has 0 saturated carbocycles. The highest BCUT2D eigenvalue weighted by molar-refractivity contribution is 5.97. The summed E-state index contributed by atoms with van der Waals surface area (Å²) in [6.45, 7) is 1.18. The lowest BCUT2D eigenvalue weighted by Gasteiger charge is -2.04. The Labute approximate surface area is 91.7 Å². The van der Waals surface area contributed by atoms with Crippen molar-refractivity contribution in [2.75, 3.05) is 12.3 Å². The number of hydrogen-bond donors (Lipinski definition) is 3. The van der Waals surface area contributed by atoms with Gasteiger partial charge in [-0.1, -0.05) is 0 Å². The molecule has 0 aliphatic heterocycles. The van der Waals surface area contributed by atoms with Gasteiger partial charge in [-0.2, -0.15) is 5.10 Å². The van der Waals surface area contributed by atoms with E-state index in [0.29, 0.717) is 18.7 Å². The van der Waals surface area contributed by atoms with Crippen LogP contribution < -0.4 is 11.1 Å². The summed E-state index contributed by atoms with van der Waals surface area (Å²) in [5.41, 5.74) is 5.88. The van der Waals surface area contributed by atoms with E-state index in [9.17, 15) is 4.79 Å². The Morgan fingerprint density at radius 3 is 3.12 bits per heavy atom. The highest BCUT2D eigenvalue weighted by Crippen LogP contribution is 2.04. The fourth-order valence-corrected chi connectivity index (χ4v) is 1.29. The second-order valence-corrected chi connectivity index (χ2v) is 3.25. The largest absolute Gasteiger partial charge is 0.383 e. The fourth-order valence-electron chi connectivity index (χ4n) is 1.29. The lowest BCUT2D eigenvalue weighted by atomic mass is 10.3. The first-order valence-electron chi connectivity index (χ1n) is 4.80. The third-order valence-corrected chi connectivity index (χ3v) is 2.13. The SMILES string of the molecule is Nc1[nH]ncc1C(=O)NCCn1ccnc1. The van der Waals surface area contributed by atoms with Gasteiger partial charge >= 0.3 is 0 Å². The normalized spacial score (nSPS) is 10.2. The molecule has 0 fully saturated rings. The molecule has 84 valence electrons. The van der Waals surface area contributed by atoms with E-state index in [1.165, 1.54) is 6.20 Å². The minimum atomic E-state index is -0.230. The summed E-state index contributed by atoms with van der Waals surface area (Å²) < 4.78 is 1.87. The van der Waals surface area contributed by atoms with Crippen molar-refractivity contribution in [2.45, 2.75) is 6.54 Å². The Kier molecular flexibility index (Phi) is 2.86. The first-order valence-corrected chi connectivity index (χ1v) is 4.80. The van der Waals surface area contributed by atoms with Crippen LogP contribution in [0.5, 0.6) is 0 Å². The van der Waals surface area contributed by atoms with E-state index in [4.69, 9.17) is 5.73 Å². The first-order chi connectivity index (χ1) is 7.77. The van der Waals surface area contributed by atoms with E-state index in [2.05, 4.69) is 20.5 Å². The van der Waals surface area contributed by atoms with E-state index in [-0.39, 0.29) is 11.7 Å². The number of nitrogens with zero attached hydrogens (tertiary/aromatic N) is 3. The molecular weight excluding hydrogens is 208 g/mol. The summed E-state index contributed by atoms with van der Waals surface area (Å²) in [5.74, 6) is 0.0477. The van der Waals surface area contributed by atoms with Crippen LogP contribution in [0.2, 0.25) is 0 Å². The van der Waals surface area contributed by atoms with Crippen molar-refractivity contribution in [1.29, 1.82) is 0 Å². The number of anilines is 1. The maximum absolute atomic E-state index is 11.6. The number of nitrogens with one attached hydrogen (secondary N) is 2. The molecule has 0 saturated heterocycles. The van der Waals surface area contributed by atoms with Crippen LogP contribution in [0.3, 0.4) is 0 Å². The number of amides is 1. The van der Waals surface area contributed by atoms with Crippen molar-refractivity contribution < 1.29 is 4.79 Å².